The fourth-order valence-corrected chi connectivity index (χ4v) is 2.59. The number of aromatic nitrogens is 1. The fraction of sp³-hybridized carbons (Fsp3) is 0.438. The molecule has 0 spiro atoms. The summed E-state index contributed by atoms with van der Waals surface area (Å²) in [7, 11) is 0. The number of fused-ring (bicyclic) bond motifs is 1. The first-order valence-electron chi connectivity index (χ1n) is 7.05. The molecule has 1 aromatic heterocycles. The lowest BCUT2D eigenvalue weighted by Gasteiger charge is -2.22. The zero-order valence-corrected chi connectivity index (χ0v) is 11.8. The maximum absolute atomic E-state index is 11.1. The Labute approximate surface area is 114 Å². The molecule has 0 bridgehead atoms. The molecule has 0 N–H and O–H groups in total. The lowest BCUT2D eigenvalue weighted by Crippen LogP contribution is -2.27. The van der Waals surface area contributed by atoms with E-state index < -0.39 is 0 Å². The van der Waals surface area contributed by atoms with Crippen molar-refractivity contribution in [1.82, 2.24) is 9.47 Å². The lowest BCUT2D eigenvalue weighted by atomic mass is 10.2. The van der Waals surface area contributed by atoms with Crippen LogP contribution in [0, 0.1) is 0 Å². The molecule has 0 saturated heterocycles. The van der Waals surface area contributed by atoms with E-state index in [1.54, 1.807) is 0 Å². The number of carbonyl (C=O) groups excluding carboxylic acids is 1. The molecule has 102 valence electrons. The van der Waals surface area contributed by atoms with Gasteiger partial charge >= 0.3 is 0 Å². The van der Waals surface area contributed by atoms with Gasteiger partial charge in [0, 0.05) is 22.7 Å². The van der Waals surface area contributed by atoms with E-state index >= 15 is 0 Å². The van der Waals surface area contributed by atoms with Crippen molar-refractivity contribution < 1.29 is 4.79 Å². The smallest absolute Gasteiger partial charge is 0.152 e. The van der Waals surface area contributed by atoms with Crippen LogP contribution in [0.2, 0.25) is 0 Å². The van der Waals surface area contributed by atoms with Gasteiger partial charge in [0.25, 0.3) is 0 Å². The fourth-order valence-electron chi connectivity index (χ4n) is 2.59. The van der Waals surface area contributed by atoms with E-state index in [0.717, 1.165) is 55.4 Å². The Kier molecular flexibility index (Phi) is 4.74. The number of carbonyl (C=O) groups is 1. The molecule has 0 aliphatic heterocycles. The van der Waals surface area contributed by atoms with E-state index in [1.165, 1.54) is 0 Å². The van der Waals surface area contributed by atoms with Gasteiger partial charge in [-0.3, -0.25) is 9.69 Å². The van der Waals surface area contributed by atoms with Crippen molar-refractivity contribution in [3.05, 3.63) is 36.0 Å². The highest BCUT2D eigenvalue weighted by Crippen LogP contribution is 2.20. The summed E-state index contributed by atoms with van der Waals surface area (Å²) in [6, 6.07) is 8.10. The van der Waals surface area contributed by atoms with Crippen LogP contribution in [0.4, 0.5) is 0 Å². The third-order valence-electron chi connectivity index (χ3n) is 3.38. The van der Waals surface area contributed by atoms with Gasteiger partial charge in [-0.25, -0.2) is 0 Å². The molecule has 1 heterocycles. The van der Waals surface area contributed by atoms with Gasteiger partial charge in [0.1, 0.15) is 0 Å². The van der Waals surface area contributed by atoms with Crippen molar-refractivity contribution in [2.45, 2.75) is 33.4 Å². The highest BCUT2D eigenvalue weighted by atomic mass is 16.1. The zero-order chi connectivity index (χ0) is 13.7. The van der Waals surface area contributed by atoms with Crippen LogP contribution in [0.3, 0.4) is 0 Å². The van der Waals surface area contributed by atoms with E-state index in [9.17, 15) is 4.79 Å². The van der Waals surface area contributed by atoms with Crippen LogP contribution in [-0.4, -0.2) is 28.8 Å². The standard InChI is InChI=1S/C16H22N2O/c1-3-9-17(10-4-2)13-18-11-14(12-19)15-7-5-6-8-16(15)18/h5-8,11-12H,3-4,9-10,13H2,1-2H3. The number of nitrogens with zero attached hydrogens (tertiary/aromatic N) is 2. The molecular formula is C16H22N2O. The molecule has 0 aliphatic rings. The molecule has 0 radical (unpaired) electrons. The van der Waals surface area contributed by atoms with Gasteiger partial charge in [-0.2, -0.15) is 0 Å². The first-order valence-corrected chi connectivity index (χ1v) is 7.05. The van der Waals surface area contributed by atoms with Crippen LogP contribution in [0.5, 0.6) is 0 Å². The normalized spacial score (nSPS) is 11.3. The van der Waals surface area contributed by atoms with Crippen LogP contribution >= 0.6 is 0 Å². The predicted molar refractivity (Wildman–Crippen MR) is 79.5 cm³/mol. The Morgan fingerprint density at radius 1 is 1.16 bits per heavy atom. The van der Waals surface area contributed by atoms with Crippen LogP contribution in [0.15, 0.2) is 30.5 Å². The summed E-state index contributed by atoms with van der Waals surface area (Å²) in [4.78, 5) is 13.6. The Morgan fingerprint density at radius 2 is 1.84 bits per heavy atom. The lowest BCUT2D eigenvalue weighted by molar-refractivity contribution is 0.112. The molecule has 0 unspecified atom stereocenters. The van der Waals surface area contributed by atoms with Gasteiger partial charge in [0.05, 0.1) is 6.67 Å². The summed E-state index contributed by atoms with van der Waals surface area (Å²) in [5.74, 6) is 0. The summed E-state index contributed by atoms with van der Waals surface area (Å²) in [5, 5.41) is 1.05. The van der Waals surface area contributed by atoms with Gasteiger partial charge in [-0.05, 0) is 32.0 Å². The average molecular weight is 258 g/mol. The Bertz CT molecular complexity index is 539. The number of para-hydroxylation sites is 1. The van der Waals surface area contributed by atoms with Crippen LogP contribution in [-0.2, 0) is 6.67 Å². The highest BCUT2D eigenvalue weighted by Gasteiger charge is 2.09. The van der Waals surface area contributed by atoms with Crippen LogP contribution < -0.4 is 0 Å². The van der Waals surface area contributed by atoms with Crippen LogP contribution in [0.25, 0.3) is 10.9 Å². The first-order chi connectivity index (χ1) is 9.30. The van der Waals surface area contributed by atoms with Gasteiger partial charge in [-0.1, -0.05) is 32.0 Å². The number of rotatable bonds is 7. The maximum atomic E-state index is 11.1. The zero-order valence-electron chi connectivity index (χ0n) is 11.8. The van der Waals surface area contributed by atoms with Crippen molar-refractivity contribution >= 4 is 17.2 Å². The molecule has 19 heavy (non-hydrogen) atoms. The summed E-state index contributed by atoms with van der Waals surface area (Å²) in [6.07, 6.45) is 5.22. The Hall–Kier alpha value is -1.61. The molecule has 3 nitrogen and oxygen atoms in total. The van der Waals surface area contributed by atoms with E-state index in [0.29, 0.717) is 0 Å². The molecule has 0 aliphatic carbocycles. The van der Waals surface area contributed by atoms with Crippen molar-refractivity contribution in [1.29, 1.82) is 0 Å². The van der Waals surface area contributed by atoms with Crippen LogP contribution in [0.1, 0.15) is 37.0 Å². The summed E-state index contributed by atoms with van der Waals surface area (Å²) in [6.45, 7) is 7.45. The topological polar surface area (TPSA) is 25.2 Å². The van der Waals surface area contributed by atoms with Crippen molar-refractivity contribution in [2.24, 2.45) is 0 Å². The van der Waals surface area contributed by atoms with E-state index in [4.69, 9.17) is 0 Å². The molecule has 1 aromatic carbocycles. The molecular weight excluding hydrogens is 236 g/mol. The summed E-state index contributed by atoms with van der Waals surface area (Å²) >= 11 is 0. The number of hydrogen-bond donors (Lipinski definition) is 0. The quantitative estimate of drug-likeness (QED) is 0.710. The second-order valence-electron chi connectivity index (χ2n) is 4.95. The summed E-state index contributed by atoms with van der Waals surface area (Å²) in [5.41, 5.74) is 1.92. The van der Waals surface area contributed by atoms with Gasteiger partial charge in [0.2, 0.25) is 0 Å². The Balaban J connectivity index is 2.31. The van der Waals surface area contributed by atoms with Crippen molar-refractivity contribution in [3.8, 4) is 0 Å². The van der Waals surface area contributed by atoms with E-state index in [2.05, 4.69) is 29.4 Å². The van der Waals surface area contributed by atoms with Crippen molar-refractivity contribution in [3.63, 3.8) is 0 Å². The number of benzene rings is 1. The molecule has 0 saturated carbocycles. The van der Waals surface area contributed by atoms with Gasteiger partial charge in [-0.15, -0.1) is 0 Å². The Morgan fingerprint density at radius 3 is 2.47 bits per heavy atom. The predicted octanol–water partition coefficient (Wildman–Crippen LogP) is 3.53. The third-order valence-corrected chi connectivity index (χ3v) is 3.38. The molecule has 0 fully saturated rings. The highest BCUT2D eigenvalue weighted by molar-refractivity contribution is 5.97. The second kappa shape index (κ2) is 6.53. The molecule has 2 rings (SSSR count). The minimum Gasteiger partial charge on any atom is -0.333 e. The SMILES string of the molecule is CCCN(CCC)Cn1cc(C=O)c2ccccc21. The number of hydrogen-bond acceptors (Lipinski definition) is 2. The average Bonchev–Trinajstić information content (AvgIpc) is 2.78. The maximum Gasteiger partial charge on any atom is 0.152 e. The monoisotopic (exact) mass is 258 g/mol. The first kappa shape index (κ1) is 13.8. The van der Waals surface area contributed by atoms with Crippen molar-refractivity contribution in [2.75, 3.05) is 13.1 Å². The molecule has 0 atom stereocenters. The third kappa shape index (κ3) is 3.04. The van der Waals surface area contributed by atoms with Gasteiger partial charge < -0.3 is 4.57 Å². The van der Waals surface area contributed by atoms with E-state index in [1.807, 2.05) is 24.4 Å². The second-order valence-corrected chi connectivity index (χ2v) is 4.95. The minimum atomic E-state index is 0.781. The molecule has 3 heteroatoms. The minimum absolute atomic E-state index is 0.781. The van der Waals surface area contributed by atoms with E-state index in [-0.39, 0.29) is 0 Å². The molecule has 0 amide bonds. The largest absolute Gasteiger partial charge is 0.333 e. The van der Waals surface area contributed by atoms with Gasteiger partial charge in [0.15, 0.2) is 6.29 Å². The number of aldehydes is 1. The molecule has 2 aromatic rings. The summed E-state index contributed by atoms with van der Waals surface area (Å²) < 4.78 is 2.18.